The van der Waals surface area contributed by atoms with Gasteiger partial charge in [-0.15, -0.1) is 0 Å². The Morgan fingerprint density at radius 1 is 1.06 bits per heavy atom. The van der Waals surface area contributed by atoms with E-state index in [9.17, 15) is 28.4 Å². The number of hydrogen-bond acceptors (Lipinski definition) is 6. The maximum Gasteiger partial charge on any atom is 0.329 e. The molecule has 9 nitrogen and oxygen atoms in total. The number of benzene rings is 2. The highest BCUT2D eigenvalue weighted by molar-refractivity contribution is 8.18. The average molecular weight is 468 g/mol. The highest BCUT2D eigenvalue weighted by Gasteiger charge is 2.34. The molecule has 2 heterocycles. The molecular weight excluding hydrogens is 451 g/mol. The molecule has 0 bridgehead atoms. The summed E-state index contributed by atoms with van der Waals surface area (Å²) in [6.45, 7) is -0.419. The lowest BCUT2D eigenvalue weighted by atomic mass is 10.2. The molecule has 0 atom stereocenters. The van der Waals surface area contributed by atoms with Crippen LogP contribution in [0.5, 0.6) is 0 Å². The third-order valence-electron chi connectivity index (χ3n) is 4.91. The van der Waals surface area contributed by atoms with Crippen LogP contribution in [0.15, 0.2) is 63.0 Å². The molecule has 1 fully saturated rings. The van der Waals surface area contributed by atoms with Crippen LogP contribution in [0.1, 0.15) is 5.56 Å². The summed E-state index contributed by atoms with van der Waals surface area (Å²) in [7, 11) is 0. The van der Waals surface area contributed by atoms with Crippen molar-refractivity contribution in [3.05, 3.63) is 85.7 Å². The van der Waals surface area contributed by atoms with Gasteiger partial charge in [-0.25, -0.2) is 9.18 Å². The molecule has 168 valence electrons. The van der Waals surface area contributed by atoms with Crippen LogP contribution in [0.25, 0.3) is 17.0 Å². The van der Waals surface area contributed by atoms with E-state index in [0.717, 1.165) is 21.2 Å². The van der Waals surface area contributed by atoms with Crippen molar-refractivity contribution in [3.8, 4) is 0 Å². The molecule has 0 aliphatic carbocycles. The van der Waals surface area contributed by atoms with Crippen molar-refractivity contribution >= 4 is 45.8 Å². The molecule has 1 aromatic heterocycles. The average Bonchev–Trinajstić information content (AvgIpc) is 3.05. The molecule has 33 heavy (non-hydrogen) atoms. The monoisotopic (exact) mass is 468 g/mol. The summed E-state index contributed by atoms with van der Waals surface area (Å²) in [6, 6.07) is 11.9. The molecule has 3 aromatic rings. The molecule has 2 aromatic carbocycles. The van der Waals surface area contributed by atoms with E-state index < -0.39 is 34.1 Å². The van der Waals surface area contributed by atoms with Crippen molar-refractivity contribution in [1.82, 2.24) is 19.8 Å². The number of para-hydroxylation sites is 1. The van der Waals surface area contributed by atoms with Gasteiger partial charge < -0.3 is 5.32 Å². The molecule has 2 N–H and O–H groups in total. The number of rotatable bonds is 6. The highest BCUT2D eigenvalue weighted by atomic mass is 32.2. The van der Waals surface area contributed by atoms with Crippen molar-refractivity contribution in [1.29, 1.82) is 0 Å². The quantitative estimate of drug-likeness (QED) is 0.531. The molecule has 0 saturated carbocycles. The number of imide groups is 1. The Morgan fingerprint density at radius 2 is 1.79 bits per heavy atom. The Morgan fingerprint density at radius 3 is 2.55 bits per heavy atom. The van der Waals surface area contributed by atoms with E-state index in [2.05, 4.69) is 10.3 Å². The number of carbonyl (C=O) groups excluding carboxylic acids is 3. The normalized spacial score (nSPS) is 14.9. The predicted octanol–water partition coefficient (Wildman–Crippen LogP) is 1.68. The van der Waals surface area contributed by atoms with Crippen LogP contribution in [0.3, 0.4) is 0 Å². The van der Waals surface area contributed by atoms with Gasteiger partial charge in [-0.3, -0.25) is 33.6 Å². The van der Waals surface area contributed by atoms with Crippen molar-refractivity contribution in [3.63, 3.8) is 0 Å². The topological polar surface area (TPSA) is 121 Å². The zero-order chi connectivity index (χ0) is 23.5. The first-order chi connectivity index (χ1) is 15.8. The van der Waals surface area contributed by atoms with Gasteiger partial charge in [0, 0.05) is 13.1 Å². The van der Waals surface area contributed by atoms with E-state index in [1.165, 1.54) is 30.3 Å². The van der Waals surface area contributed by atoms with E-state index in [-0.39, 0.29) is 29.9 Å². The van der Waals surface area contributed by atoms with Crippen LogP contribution >= 0.6 is 11.8 Å². The molecule has 1 saturated heterocycles. The molecule has 3 amide bonds. The fourth-order valence-electron chi connectivity index (χ4n) is 3.31. The number of fused-ring (bicyclic) bond motifs is 1. The maximum absolute atomic E-state index is 13.0. The van der Waals surface area contributed by atoms with E-state index in [4.69, 9.17) is 0 Å². The molecular formula is C22H17FN4O5S. The summed E-state index contributed by atoms with van der Waals surface area (Å²) in [4.78, 5) is 64.5. The third kappa shape index (κ3) is 4.77. The lowest BCUT2D eigenvalue weighted by Gasteiger charge is -2.14. The summed E-state index contributed by atoms with van der Waals surface area (Å²) in [5.74, 6) is -1.44. The van der Waals surface area contributed by atoms with Crippen LogP contribution in [0.4, 0.5) is 9.18 Å². The van der Waals surface area contributed by atoms with Crippen molar-refractivity contribution < 1.29 is 18.8 Å². The Labute approximate surface area is 189 Å². The van der Waals surface area contributed by atoms with E-state index in [0.29, 0.717) is 11.1 Å². The zero-order valence-electron chi connectivity index (χ0n) is 17.0. The first-order valence-corrected chi connectivity index (χ1v) is 10.6. The Bertz CT molecular complexity index is 1410. The summed E-state index contributed by atoms with van der Waals surface area (Å²) in [5, 5.41) is 2.36. The van der Waals surface area contributed by atoms with Crippen LogP contribution < -0.4 is 16.6 Å². The Hall–Kier alpha value is -3.99. The largest absolute Gasteiger partial charge is 0.353 e. The van der Waals surface area contributed by atoms with Gasteiger partial charge in [0.2, 0.25) is 5.91 Å². The van der Waals surface area contributed by atoms with Gasteiger partial charge in [-0.05, 0) is 47.7 Å². The van der Waals surface area contributed by atoms with Crippen molar-refractivity contribution in [2.24, 2.45) is 0 Å². The minimum absolute atomic E-state index is 0.0171. The SMILES string of the molecule is O=C(Cn1c(=O)[nH]c(=O)c2ccccc21)NCCN1C(=O)S/C(=C\c2ccc(F)cc2)C1=O. The second kappa shape index (κ2) is 9.25. The molecule has 11 heteroatoms. The number of H-pyrrole nitrogens is 1. The van der Waals surface area contributed by atoms with Crippen LogP contribution in [-0.2, 0) is 16.1 Å². The van der Waals surface area contributed by atoms with Gasteiger partial charge in [0.05, 0.1) is 15.8 Å². The summed E-state index contributed by atoms with van der Waals surface area (Å²) in [6.07, 6.45) is 1.50. The summed E-state index contributed by atoms with van der Waals surface area (Å²) < 4.78 is 14.2. The number of nitrogens with one attached hydrogen (secondary N) is 2. The fourth-order valence-corrected chi connectivity index (χ4v) is 4.17. The van der Waals surface area contributed by atoms with Gasteiger partial charge >= 0.3 is 5.69 Å². The summed E-state index contributed by atoms with van der Waals surface area (Å²) in [5.41, 5.74) is -0.363. The number of amides is 3. The van der Waals surface area contributed by atoms with E-state index in [1.807, 2.05) is 0 Å². The lowest BCUT2D eigenvalue weighted by Crippen LogP contribution is -2.40. The van der Waals surface area contributed by atoms with Crippen LogP contribution in [0, 0.1) is 5.82 Å². The minimum atomic E-state index is -0.717. The van der Waals surface area contributed by atoms with Crippen LogP contribution in [-0.4, -0.2) is 44.6 Å². The van der Waals surface area contributed by atoms with Gasteiger partial charge in [0.1, 0.15) is 12.4 Å². The second-order valence-electron chi connectivity index (χ2n) is 7.10. The molecule has 0 radical (unpaired) electrons. The first-order valence-electron chi connectivity index (χ1n) is 9.83. The highest BCUT2D eigenvalue weighted by Crippen LogP contribution is 2.31. The molecule has 4 rings (SSSR count). The van der Waals surface area contributed by atoms with Crippen LogP contribution in [0.2, 0.25) is 0 Å². The first kappa shape index (κ1) is 22.2. The number of nitrogens with zero attached hydrogens (tertiary/aromatic N) is 2. The maximum atomic E-state index is 13.0. The number of aromatic amines is 1. The molecule has 1 aliphatic rings. The third-order valence-corrected chi connectivity index (χ3v) is 5.81. The van der Waals surface area contributed by atoms with Gasteiger partial charge in [-0.2, -0.15) is 0 Å². The minimum Gasteiger partial charge on any atom is -0.353 e. The zero-order valence-corrected chi connectivity index (χ0v) is 17.9. The van der Waals surface area contributed by atoms with Gasteiger partial charge in [0.25, 0.3) is 16.7 Å². The fraction of sp³-hybridized carbons (Fsp3) is 0.136. The predicted molar refractivity (Wildman–Crippen MR) is 121 cm³/mol. The van der Waals surface area contributed by atoms with Gasteiger partial charge in [0.15, 0.2) is 0 Å². The lowest BCUT2D eigenvalue weighted by molar-refractivity contribution is -0.124. The second-order valence-corrected chi connectivity index (χ2v) is 8.09. The van der Waals surface area contributed by atoms with E-state index in [1.54, 1.807) is 24.3 Å². The Kier molecular flexibility index (Phi) is 6.22. The number of carbonyl (C=O) groups is 3. The van der Waals surface area contributed by atoms with Gasteiger partial charge in [-0.1, -0.05) is 24.3 Å². The number of aromatic nitrogens is 2. The number of halogens is 1. The Balaban J connectivity index is 1.38. The molecule has 0 unspecified atom stereocenters. The smallest absolute Gasteiger partial charge is 0.329 e. The van der Waals surface area contributed by atoms with Crippen molar-refractivity contribution in [2.75, 3.05) is 13.1 Å². The van der Waals surface area contributed by atoms with Crippen molar-refractivity contribution in [2.45, 2.75) is 6.54 Å². The van der Waals surface area contributed by atoms with E-state index >= 15 is 0 Å². The molecule has 1 aliphatic heterocycles. The number of thioether (sulfide) groups is 1. The summed E-state index contributed by atoms with van der Waals surface area (Å²) >= 11 is 0.760. The number of hydrogen-bond donors (Lipinski definition) is 2. The molecule has 0 spiro atoms. The standard InChI is InChI=1S/C22H17FN4O5S/c23-14-7-5-13(6-8-14)11-17-20(30)26(22(32)33-17)10-9-24-18(28)12-27-16-4-2-1-3-15(16)19(29)25-21(27)31/h1-8,11H,9-10,12H2,(H,24,28)(H,25,29,31)/b17-11-.